The van der Waals surface area contributed by atoms with Crippen molar-refractivity contribution in [1.82, 2.24) is 0 Å². The largest absolute Gasteiger partial charge is 0.294 e. The van der Waals surface area contributed by atoms with Crippen molar-refractivity contribution in [3.8, 4) is 11.1 Å². The van der Waals surface area contributed by atoms with Gasteiger partial charge < -0.3 is 0 Å². The highest BCUT2D eigenvalue weighted by Crippen LogP contribution is 2.39. The third-order valence-electron chi connectivity index (χ3n) is 4.07. The van der Waals surface area contributed by atoms with E-state index in [0.29, 0.717) is 0 Å². The van der Waals surface area contributed by atoms with Crippen LogP contribution >= 0.6 is 0 Å². The molecule has 0 saturated carbocycles. The maximum atomic E-state index is 12.0. The molecule has 0 aromatic carbocycles. The highest BCUT2D eigenvalue weighted by Gasteiger charge is 2.25. The van der Waals surface area contributed by atoms with Crippen molar-refractivity contribution in [2.75, 3.05) is 0 Å². The van der Waals surface area contributed by atoms with E-state index in [2.05, 4.69) is 71.9 Å². The third kappa shape index (κ3) is 3.02. The van der Waals surface area contributed by atoms with E-state index in [1.54, 1.807) is 6.92 Å². The molecule has 21 heavy (non-hydrogen) atoms. The van der Waals surface area contributed by atoms with Gasteiger partial charge in [0.25, 0.3) is 0 Å². The number of Topliss-reactive ketones (excluding diaryl/α,β-unsaturated/α-hetero) is 1. The summed E-state index contributed by atoms with van der Waals surface area (Å²) in [4.78, 5) is 12.0. The minimum Gasteiger partial charge on any atom is -0.294 e. The summed E-state index contributed by atoms with van der Waals surface area (Å²) in [5, 5.41) is 0. The standard InChI is InChI=1S/C20H26O/c1-13(21)17-12-18(20(5,6)7)16-11-9-14(19(2,3)4)8-10-15(16)17/h8-12H,1-7H3. The molecule has 0 aliphatic heterocycles. The Balaban J connectivity index is 2.78. The number of fused-ring (bicyclic) bond motifs is 1. The van der Waals surface area contributed by atoms with E-state index in [1.807, 2.05) is 0 Å². The van der Waals surface area contributed by atoms with Gasteiger partial charge in [0, 0.05) is 5.56 Å². The Labute approximate surface area is 128 Å². The number of hydrogen-bond donors (Lipinski definition) is 0. The molecule has 2 aliphatic rings. The van der Waals surface area contributed by atoms with Crippen LogP contribution in [0.3, 0.4) is 0 Å². The summed E-state index contributed by atoms with van der Waals surface area (Å²) in [6.45, 7) is 14.9. The van der Waals surface area contributed by atoms with Gasteiger partial charge in [0.05, 0.1) is 0 Å². The zero-order valence-corrected chi connectivity index (χ0v) is 14.3. The van der Waals surface area contributed by atoms with Crippen LogP contribution in [0.15, 0.2) is 30.3 Å². The number of ketones is 1. The second-order valence-corrected chi connectivity index (χ2v) is 7.98. The molecule has 1 nitrogen and oxygen atoms in total. The SMILES string of the molecule is CC(=O)c1cc(C(C)(C)C)c2ccc(C(C)(C)C)ccc1-2. The smallest absolute Gasteiger partial charge is 0.160 e. The van der Waals surface area contributed by atoms with Crippen LogP contribution in [0.5, 0.6) is 0 Å². The fraction of sp³-hybridized carbons (Fsp3) is 0.450. The first-order valence-corrected chi connectivity index (χ1v) is 7.60. The van der Waals surface area contributed by atoms with E-state index in [4.69, 9.17) is 0 Å². The van der Waals surface area contributed by atoms with E-state index in [-0.39, 0.29) is 16.6 Å². The topological polar surface area (TPSA) is 17.1 Å². The number of rotatable bonds is 1. The van der Waals surface area contributed by atoms with Gasteiger partial charge in [-0.15, -0.1) is 0 Å². The van der Waals surface area contributed by atoms with Crippen molar-refractivity contribution in [3.05, 3.63) is 47.0 Å². The van der Waals surface area contributed by atoms with Gasteiger partial charge in [-0.3, -0.25) is 4.79 Å². The molecular weight excluding hydrogens is 256 g/mol. The first-order valence-electron chi connectivity index (χ1n) is 7.60. The molecule has 0 amide bonds. The average Bonchev–Trinajstić information content (AvgIpc) is 2.53. The van der Waals surface area contributed by atoms with E-state index in [1.165, 1.54) is 16.7 Å². The Kier molecular flexibility index (Phi) is 3.73. The lowest BCUT2D eigenvalue weighted by atomic mass is 9.85. The predicted octanol–water partition coefficient (Wildman–Crippen LogP) is 5.59. The molecule has 0 atom stereocenters. The van der Waals surface area contributed by atoms with Crippen molar-refractivity contribution in [2.45, 2.75) is 59.3 Å². The van der Waals surface area contributed by atoms with E-state index in [0.717, 1.165) is 11.1 Å². The van der Waals surface area contributed by atoms with Crippen LogP contribution in [0.4, 0.5) is 0 Å². The van der Waals surface area contributed by atoms with Gasteiger partial charge in [-0.2, -0.15) is 0 Å². The van der Waals surface area contributed by atoms with Crippen molar-refractivity contribution < 1.29 is 4.79 Å². The van der Waals surface area contributed by atoms with Crippen LogP contribution in [0.25, 0.3) is 11.1 Å². The third-order valence-corrected chi connectivity index (χ3v) is 4.07. The first-order chi connectivity index (χ1) is 9.51. The van der Waals surface area contributed by atoms with Crippen LogP contribution in [-0.2, 0) is 10.8 Å². The predicted molar refractivity (Wildman–Crippen MR) is 90.5 cm³/mol. The normalized spacial score (nSPS) is 12.7. The minimum absolute atomic E-state index is 0.0300. The molecule has 2 aliphatic carbocycles. The maximum absolute atomic E-state index is 12.0. The van der Waals surface area contributed by atoms with Gasteiger partial charge in [0.2, 0.25) is 0 Å². The molecule has 0 fully saturated rings. The summed E-state index contributed by atoms with van der Waals surface area (Å²) in [6.07, 6.45) is 0. The lowest BCUT2D eigenvalue weighted by Gasteiger charge is -2.19. The summed E-state index contributed by atoms with van der Waals surface area (Å²) in [5.74, 6) is 0.138. The molecule has 0 saturated heterocycles. The zero-order chi connectivity index (χ0) is 16.0. The van der Waals surface area contributed by atoms with Crippen molar-refractivity contribution in [2.24, 2.45) is 0 Å². The molecule has 0 spiro atoms. The van der Waals surface area contributed by atoms with Gasteiger partial charge in [-0.25, -0.2) is 0 Å². The van der Waals surface area contributed by atoms with Crippen LogP contribution in [-0.4, -0.2) is 5.78 Å². The fourth-order valence-corrected chi connectivity index (χ4v) is 2.76. The summed E-state index contributed by atoms with van der Waals surface area (Å²) in [7, 11) is 0. The van der Waals surface area contributed by atoms with E-state index < -0.39 is 0 Å². The zero-order valence-electron chi connectivity index (χ0n) is 14.3. The molecule has 0 radical (unpaired) electrons. The fourth-order valence-electron chi connectivity index (χ4n) is 2.76. The molecule has 0 unspecified atom stereocenters. The highest BCUT2D eigenvalue weighted by atomic mass is 16.1. The lowest BCUT2D eigenvalue weighted by Crippen LogP contribution is -2.10. The average molecular weight is 282 g/mol. The molecule has 0 bridgehead atoms. The van der Waals surface area contributed by atoms with Crippen LogP contribution in [0.2, 0.25) is 0 Å². The molecule has 0 heterocycles. The molecule has 0 N–H and O–H groups in total. The number of carbonyl (C=O) groups is 1. The molecule has 112 valence electrons. The van der Waals surface area contributed by atoms with Crippen LogP contribution < -0.4 is 0 Å². The molecule has 2 rings (SSSR count). The quantitative estimate of drug-likeness (QED) is 0.623. The van der Waals surface area contributed by atoms with E-state index >= 15 is 0 Å². The minimum atomic E-state index is 0.0300. The second-order valence-electron chi connectivity index (χ2n) is 7.98. The Bertz CT molecular complexity index is 651. The Morgan fingerprint density at radius 3 is 1.76 bits per heavy atom. The lowest BCUT2D eigenvalue weighted by molar-refractivity contribution is 0.101. The molecular formula is C20H26O. The number of hydrogen-bond acceptors (Lipinski definition) is 1. The van der Waals surface area contributed by atoms with Gasteiger partial charge >= 0.3 is 0 Å². The van der Waals surface area contributed by atoms with Gasteiger partial charge in [-0.1, -0.05) is 65.8 Å². The van der Waals surface area contributed by atoms with Crippen molar-refractivity contribution >= 4 is 5.78 Å². The summed E-state index contributed by atoms with van der Waals surface area (Å²) in [6, 6.07) is 10.7. The van der Waals surface area contributed by atoms with Crippen LogP contribution in [0, 0.1) is 0 Å². The van der Waals surface area contributed by atoms with E-state index in [9.17, 15) is 4.79 Å². The van der Waals surface area contributed by atoms with Crippen molar-refractivity contribution in [1.29, 1.82) is 0 Å². The Morgan fingerprint density at radius 2 is 1.33 bits per heavy atom. The highest BCUT2D eigenvalue weighted by molar-refractivity contribution is 6.03. The number of carbonyl (C=O) groups excluding carboxylic acids is 1. The second kappa shape index (κ2) is 4.98. The molecule has 1 heteroatoms. The van der Waals surface area contributed by atoms with Crippen LogP contribution in [0.1, 0.15) is 70.0 Å². The van der Waals surface area contributed by atoms with Crippen molar-refractivity contribution in [3.63, 3.8) is 0 Å². The van der Waals surface area contributed by atoms with Gasteiger partial charge in [-0.05, 0) is 46.1 Å². The maximum Gasteiger partial charge on any atom is 0.160 e. The monoisotopic (exact) mass is 282 g/mol. The summed E-state index contributed by atoms with van der Waals surface area (Å²) < 4.78 is 0. The molecule has 0 aromatic heterocycles. The first kappa shape index (κ1) is 15.8. The van der Waals surface area contributed by atoms with Gasteiger partial charge in [0.15, 0.2) is 5.78 Å². The molecule has 0 aromatic rings. The Hall–Kier alpha value is -1.63. The summed E-state index contributed by atoms with van der Waals surface area (Å²) >= 11 is 0. The summed E-state index contributed by atoms with van der Waals surface area (Å²) in [5.41, 5.74) is 5.78. The van der Waals surface area contributed by atoms with Gasteiger partial charge in [0.1, 0.15) is 0 Å². The Morgan fingerprint density at radius 1 is 0.810 bits per heavy atom.